The van der Waals surface area contributed by atoms with E-state index in [0.717, 1.165) is 0 Å². The minimum atomic E-state index is -2.29. The average molecular weight is 266 g/mol. The molecule has 0 saturated heterocycles. The largest absolute Gasteiger partial charge is 0.396 e. The van der Waals surface area contributed by atoms with Crippen molar-refractivity contribution in [3.8, 4) is 0 Å². The van der Waals surface area contributed by atoms with Crippen LogP contribution >= 0.6 is 0 Å². The van der Waals surface area contributed by atoms with Crippen LogP contribution in [0, 0.1) is 0 Å². The molecule has 0 atom stereocenters. The monoisotopic (exact) mass is 266 g/mol. The maximum atomic E-state index is 11.8. The van der Waals surface area contributed by atoms with Crippen molar-refractivity contribution in [3.05, 3.63) is 35.4 Å². The first-order chi connectivity index (χ1) is 9.04. The van der Waals surface area contributed by atoms with Gasteiger partial charge in [-0.2, -0.15) is 0 Å². The molecule has 19 heavy (non-hydrogen) atoms. The molecule has 2 aliphatic heterocycles. The lowest BCUT2D eigenvalue weighted by molar-refractivity contribution is -0.307. The average Bonchev–Trinajstić information content (AvgIpc) is 2.44. The Balaban J connectivity index is 2.22. The lowest BCUT2D eigenvalue weighted by atomic mass is 10.1. The van der Waals surface area contributed by atoms with E-state index in [9.17, 15) is 14.7 Å². The first-order valence-corrected chi connectivity index (χ1v) is 5.94. The number of carbonyl (C=O) groups excluding carboxylic acids is 2. The van der Waals surface area contributed by atoms with Crippen LogP contribution in [-0.4, -0.2) is 34.7 Å². The van der Waals surface area contributed by atoms with Gasteiger partial charge in [-0.25, -0.2) is 9.59 Å². The molecule has 0 unspecified atom stereocenters. The minimum absolute atomic E-state index is 0.0597. The minimum Gasteiger partial charge on any atom is -0.396 e. The van der Waals surface area contributed by atoms with E-state index in [0.29, 0.717) is 12.8 Å². The Morgan fingerprint density at radius 3 is 1.84 bits per heavy atom. The molecule has 0 amide bonds. The first kappa shape index (κ1) is 13.5. The molecule has 6 nitrogen and oxygen atoms in total. The van der Waals surface area contributed by atoms with Crippen molar-refractivity contribution in [1.82, 2.24) is 0 Å². The topological polar surface area (TPSA) is 93.1 Å². The van der Waals surface area contributed by atoms with E-state index < -0.39 is 17.9 Å². The summed E-state index contributed by atoms with van der Waals surface area (Å²) in [5.41, 5.74) is 0.449. The molecule has 2 bridgehead atoms. The summed E-state index contributed by atoms with van der Waals surface area (Å²) in [6, 6.07) is 5.72. The van der Waals surface area contributed by atoms with Crippen LogP contribution in [0.4, 0.5) is 0 Å². The summed E-state index contributed by atoms with van der Waals surface area (Å²) >= 11 is 0. The van der Waals surface area contributed by atoms with Crippen molar-refractivity contribution < 1.29 is 29.3 Å². The zero-order chi connectivity index (χ0) is 13.9. The van der Waals surface area contributed by atoms with Crippen LogP contribution in [0.25, 0.3) is 0 Å². The van der Waals surface area contributed by atoms with E-state index in [1.165, 1.54) is 24.3 Å². The zero-order valence-electron chi connectivity index (χ0n) is 10.2. The predicted molar refractivity (Wildman–Crippen MR) is 63.2 cm³/mol. The molecule has 2 aliphatic rings. The fourth-order valence-electron chi connectivity index (χ4n) is 1.73. The number of aliphatic hydroxyl groups excluding tert-OH is 1. The summed E-state index contributed by atoms with van der Waals surface area (Å²) in [5.74, 6) is -3.83. The maximum absolute atomic E-state index is 11.8. The van der Waals surface area contributed by atoms with Gasteiger partial charge in [-0.15, -0.1) is 0 Å². The van der Waals surface area contributed by atoms with E-state index in [1.807, 2.05) is 0 Å². The standard InChI is InChI=1S/C13H14O6/c14-8-2-1-7-13(17)18-11(15)9-3-4-10(6-5-9)12(16)19-13/h3-6,14,17H,1-2,7-8H2. The van der Waals surface area contributed by atoms with Crippen LogP contribution in [0.15, 0.2) is 24.3 Å². The van der Waals surface area contributed by atoms with Crippen LogP contribution in [0.1, 0.15) is 40.0 Å². The lowest BCUT2D eigenvalue weighted by Crippen LogP contribution is -2.39. The van der Waals surface area contributed by atoms with Crippen LogP contribution in [0.2, 0.25) is 0 Å². The maximum Gasteiger partial charge on any atom is 0.373 e. The van der Waals surface area contributed by atoms with E-state index in [2.05, 4.69) is 0 Å². The summed E-state index contributed by atoms with van der Waals surface area (Å²) in [7, 11) is 0. The second-order valence-electron chi connectivity index (χ2n) is 4.25. The Morgan fingerprint density at radius 2 is 1.42 bits per heavy atom. The molecule has 0 saturated carbocycles. The van der Waals surface area contributed by atoms with E-state index in [4.69, 9.17) is 14.6 Å². The number of hydrogen-bond donors (Lipinski definition) is 2. The van der Waals surface area contributed by atoms with Crippen molar-refractivity contribution >= 4 is 11.9 Å². The van der Waals surface area contributed by atoms with E-state index >= 15 is 0 Å². The van der Waals surface area contributed by atoms with Gasteiger partial charge >= 0.3 is 17.9 Å². The van der Waals surface area contributed by atoms with Gasteiger partial charge in [0.25, 0.3) is 0 Å². The van der Waals surface area contributed by atoms with Crippen LogP contribution < -0.4 is 0 Å². The van der Waals surface area contributed by atoms with Crippen LogP contribution in [-0.2, 0) is 9.47 Å². The SMILES string of the molecule is O=C1OC(O)(CCCCO)OC(=O)c2ccc1cc2. The quantitative estimate of drug-likeness (QED) is 0.619. The molecule has 102 valence electrons. The third-order valence-electron chi connectivity index (χ3n) is 2.76. The van der Waals surface area contributed by atoms with Gasteiger partial charge in [0.2, 0.25) is 0 Å². The Hall–Kier alpha value is -1.92. The number of unbranched alkanes of at least 4 members (excludes halogenated alkanes) is 1. The molecule has 0 aliphatic carbocycles. The number of fused-ring (bicyclic) bond motifs is 6. The molecule has 1 aromatic rings. The highest BCUT2D eigenvalue weighted by Gasteiger charge is 2.37. The van der Waals surface area contributed by atoms with Gasteiger partial charge in [0.05, 0.1) is 17.5 Å². The Kier molecular flexibility index (Phi) is 3.82. The summed E-state index contributed by atoms with van der Waals surface area (Å²) in [6.45, 7) is -0.0597. The van der Waals surface area contributed by atoms with Crippen LogP contribution in [0.5, 0.6) is 0 Å². The number of hydrogen-bond acceptors (Lipinski definition) is 6. The fraction of sp³-hybridized carbons (Fsp3) is 0.385. The number of carbonyl (C=O) groups is 2. The third kappa shape index (κ3) is 3.10. The molecule has 3 rings (SSSR count). The molecule has 1 aromatic carbocycles. The Labute approximate surface area is 109 Å². The molecule has 2 N–H and O–H groups in total. The van der Waals surface area contributed by atoms with Crippen molar-refractivity contribution in [3.63, 3.8) is 0 Å². The normalized spacial score (nSPS) is 17.2. The number of benzene rings is 1. The van der Waals surface area contributed by atoms with E-state index in [-0.39, 0.29) is 24.2 Å². The molecule has 6 heteroatoms. The Bertz CT molecular complexity index is 441. The van der Waals surface area contributed by atoms with Crippen molar-refractivity contribution in [1.29, 1.82) is 0 Å². The second kappa shape index (κ2) is 5.38. The summed E-state index contributed by atoms with van der Waals surface area (Å²) < 4.78 is 9.69. The molecule has 0 fully saturated rings. The summed E-state index contributed by atoms with van der Waals surface area (Å²) in [5, 5.41) is 18.8. The first-order valence-electron chi connectivity index (χ1n) is 5.94. The van der Waals surface area contributed by atoms with E-state index in [1.54, 1.807) is 0 Å². The summed E-state index contributed by atoms with van der Waals surface area (Å²) in [6.07, 6.45) is 0.658. The second-order valence-corrected chi connectivity index (χ2v) is 4.25. The molecular weight excluding hydrogens is 252 g/mol. The van der Waals surface area contributed by atoms with Gasteiger partial charge < -0.3 is 19.7 Å². The molecule has 2 heterocycles. The number of aliphatic hydroxyl groups is 2. The zero-order valence-corrected chi connectivity index (χ0v) is 10.2. The molecular formula is C13H14O6. The van der Waals surface area contributed by atoms with Gasteiger partial charge in [0, 0.05) is 6.61 Å². The van der Waals surface area contributed by atoms with Gasteiger partial charge in [-0.1, -0.05) is 0 Å². The number of ether oxygens (including phenoxy) is 2. The molecule has 0 aromatic heterocycles. The third-order valence-corrected chi connectivity index (χ3v) is 2.76. The predicted octanol–water partition coefficient (Wildman–Crippen LogP) is 0.823. The summed E-state index contributed by atoms with van der Waals surface area (Å²) in [4.78, 5) is 23.5. The van der Waals surface area contributed by atoms with Crippen molar-refractivity contribution in [2.45, 2.75) is 25.2 Å². The molecule has 0 spiro atoms. The van der Waals surface area contributed by atoms with Crippen LogP contribution in [0.3, 0.4) is 0 Å². The van der Waals surface area contributed by atoms with Gasteiger partial charge in [0.1, 0.15) is 0 Å². The highest BCUT2D eigenvalue weighted by Crippen LogP contribution is 2.24. The lowest BCUT2D eigenvalue weighted by Gasteiger charge is -2.26. The van der Waals surface area contributed by atoms with Crippen molar-refractivity contribution in [2.75, 3.05) is 6.61 Å². The highest BCUT2D eigenvalue weighted by molar-refractivity contribution is 5.94. The number of rotatable bonds is 4. The smallest absolute Gasteiger partial charge is 0.373 e. The fourth-order valence-corrected chi connectivity index (χ4v) is 1.73. The highest BCUT2D eigenvalue weighted by atomic mass is 16.8. The Morgan fingerprint density at radius 1 is 0.947 bits per heavy atom. The van der Waals surface area contributed by atoms with Gasteiger partial charge in [-0.05, 0) is 37.1 Å². The van der Waals surface area contributed by atoms with Gasteiger partial charge in [-0.3, -0.25) is 0 Å². The number of esters is 2. The van der Waals surface area contributed by atoms with Crippen molar-refractivity contribution in [2.24, 2.45) is 0 Å². The molecule has 0 radical (unpaired) electrons. The van der Waals surface area contributed by atoms with Gasteiger partial charge in [0.15, 0.2) is 0 Å².